The maximum Gasteiger partial charge on any atom is 0.223 e. The molecule has 0 spiro atoms. The molecule has 3 nitrogen and oxygen atoms in total. The Kier molecular flexibility index (Phi) is 3.48. The molecule has 2 aliphatic carbocycles. The van der Waals surface area contributed by atoms with E-state index in [0.717, 1.165) is 32.2 Å². The largest absolute Gasteiger partial charge is 0.356 e. The summed E-state index contributed by atoms with van der Waals surface area (Å²) in [4.78, 5) is 12.1. The number of hydrogen-bond donors (Lipinski definition) is 2. The van der Waals surface area contributed by atoms with Gasteiger partial charge in [0.1, 0.15) is 0 Å². The Morgan fingerprint density at radius 1 is 1.11 bits per heavy atom. The van der Waals surface area contributed by atoms with Crippen molar-refractivity contribution in [2.24, 2.45) is 28.4 Å². The molecule has 2 rings (SSSR count). The predicted molar refractivity (Wildman–Crippen MR) is 74.0 cm³/mol. The molecule has 0 unspecified atom stereocenters. The topological polar surface area (TPSA) is 55.1 Å². The summed E-state index contributed by atoms with van der Waals surface area (Å²) >= 11 is 0. The van der Waals surface area contributed by atoms with Crippen molar-refractivity contribution in [3.63, 3.8) is 0 Å². The van der Waals surface area contributed by atoms with Gasteiger partial charge in [0, 0.05) is 18.5 Å². The molecule has 0 aromatic rings. The Morgan fingerprint density at radius 2 is 1.61 bits per heavy atom. The minimum absolute atomic E-state index is 0.203. The van der Waals surface area contributed by atoms with Crippen molar-refractivity contribution in [3.8, 4) is 0 Å². The summed E-state index contributed by atoms with van der Waals surface area (Å²) in [7, 11) is 0. The van der Waals surface area contributed by atoms with Crippen LogP contribution in [0.15, 0.2) is 0 Å². The van der Waals surface area contributed by atoms with Crippen molar-refractivity contribution in [1.82, 2.24) is 5.32 Å². The quantitative estimate of drug-likeness (QED) is 0.810. The van der Waals surface area contributed by atoms with Gasteiger partial charge in [0.15, 0.2) is 0 Å². The molecule has 0 aromatic heterocycles. The molecule has 0 aromatic carbocycles. The van der Waals surface area contributed by atoms with E-state index in [1.54, 1.807) is 0 Å². The van der Waals surface area contributed by atoms with Gasteiger partial charge in [-0.2, -0.15) is 0 Å². The first-order chi connectivity index (χ1) is 8.26. The molecule has 104 valence electrons. The fourth-order valence-corrected chi connectivity index (χ4v) is 3.57. The summed E-state index contributed by atoms with van der Waals surface area (Å²) in [6.07, 6.45) is 3.92. The molecule has 0 saturated heterocycles. The number of rotatable bonds is 3. The SMILES string of the molecule is CC1(C)C(CNC(=O)C2CCC(N)CC2)C1(C)C. The lowest BCUT2D eigenvalue weighted by atomic mass is 9.86. The molecule has 2 saturated carbocycles. The van der Waals surface area contributed by atoms with Crippen LogP contribution in [0.2, 0.25) is 0 Å². The molecule has 2 fully saturated rings. The number of nitrogens with two attached hydrogens (primary N) is 1. The van der Waals surface area contributed by atoms with Gasteiger partial charge in [-0.25, -0.2) is 0 Å². The van der Waals surface area contributed by atoms with Crippen LogP contribution in [0.1, 0.15) is 53.4 Å². The van der Waals surface area contributed by atoms with Gasteiger partial charge in [0.05, 0.1) is 0 Å². The maximum atomic E-state index is 12.1. The van der Waals surface area contributed by atoms with Gasteiger partial charge >= 0.3 is 0 Å². The first-order valence-electron chi connectivity index (χ1n) is 7.30. The van der Waals surface area contributed by atoms with E-state index in [2.05, 4.69) is 33.0 Å². The first-order valence-corrected chi connectivity index (χ1v) is 7.30. The van der Waals surface area contributed by atoms with Gasteiger partial charge in [-0.1, -0.05) is 27.7 Å². The minimum atomic E-state index is 0.203. The zero-order valence-electron chi connectivity index (χ0n) is 12.3. The number of carbonyl (C=O) groups excluding carboxylic acids is 1. The van der Waals surface area contributed by atoms with Crippen LogP contribution in [0.5, 0.6) is 0 Å². The highest BCUT2D eigenvalue weighted by Gasteiger charge is 2.64. The second-order valence-electron chi connectivity index (χ2n) is 7.35. The number of nitrogens with one attached hydrogen (secondary N) is 1. The maximum absolute atomic E-state index is 12.1. The second-order valence-corrected chi connectivity index (χ2v) is 7.35. The summed E-state index contributed by atoms with van der Waals surface area (Å²) in [5.74, 6) is 1.06. The van der Waals surface area contributed by atoms with Gasteiger partial charge in [0.25, 0.3) is 0 Å². The predicted octanol–water partition coefficient (Wildman–Crippen LogP) is 2.30. The lowest BCUT2D eigenvalue weighted by molar-refractivity contribution is -0.126. The molecular formula is C15H28N2O. The van der Waals surface area contributed by atoms with E-state index >= 15 is 0 Å². The molecule has 0 aliphatic heterocycles. The van der Waals surface area contributed by atoms with Gasteiger partial charge in [-0.05, 0) is 42.4 Å². The highest BCUT2D eigenvalue weighted by Crippen LogP contribution is 2.67. The van der Waals surface area contributed by atoms with E-state index in [9.17, 15) is 4.79 Å². The van der Waals surface area contributed by atoms with Gasteiger partial charge < -0.3 is 11.1 Å². The fraction of sp³-hybridized carbons (Fsp3) is 0.933. The molecule has 0 heterocycles. The van der Waals surface area contributed by atoms with Crippen LogP contribution < -0.4 is 11.1 Å². The zero-order chi connectivity index (χ0) is 13.6. The lowest BCUT2D eigenvalue weighted by Crippen LogP contribution is -2.37. The highest BCUT2D eigenvalue weighted by atomic mass is 16.1. The van der Waals surface area contributed by atoms with Crippen LogP contribution >= 0.6 is 0 Å². The lowest BCUT2D eigenvalue weighted by Gasteiger charge is -2.25. The second kappa shape index (κ2) is 4.52. The number of hydrogen-bond acceptors (Lipinski definition) is 2. The molecule has 0 bridgehead atoms. The standard InChI is InChI=1S/C15H28N2O/c1-14(2)12(15(14,3)4)9-17-13(18)10-5-7-11(16)8-6-10/h10-12H,5-9,16H2,1-4H3,(H,17,18). The summed E-state index contributed by atoms with van der Waals surface area (Å²) in [5.41, 5.74) is 6.58. The Labute approximate surface area is 111 Å². The third kappa shape index (κ3) is 2.29. The van der Waals surface area contributed by atoms with Crippen molar-refractivity contribution < 1.29 is 4.79 Å². The minimum Gasteiger partial charge on any atom is -0.356 e. The van der Waals surface area contributed by atoms with Crippen LogP contribution in [0, 0.1) is 22.7 Å². The highest BCUT2D eigenvalue weighted by molar-refractivity contribution is 5.78. The van der Waals surface area contributed by atoms with Crippen LogP contribution in [0.4, 0.5) is 0 Å². The summed E-state index contributed by atoms with van der Waals surface area (Å²) in [5, 5.41) is 3.16. The summed E-state index contributed by atoms with van der Waals surface area (Å²) in [6.45, 7) is 10.0. The molecule has 2 aliphatic rings. The third-order valence-electron chi connectivity index (χ3n) is 5.94. The Bertz CT molecular complexity index is 313. The van der Waals surface area contributed by atoms with Crippen LogP contribution in [0.25, 0.3) is 0 Å². The monoisotopic (exact) mass is 252 g/mol. The van der Waals surface area contributed by atoms with E-state index in [0.29, 0.717) is 22.8 Å². The van der Waals surface area contributed by atoms with Crippen molar-refractivity contribution in [2.45, 2.75) is 59.4 Å². The van der Waals surface area contributed by atoms with Gasteiger partial charge in [-0.15, -0.1) is 0 Å². The van der Waals surface area contributed by atoms with Crippen LogP contribution in [-0.4, -0.2) is 18.5 Å². The molecule has 0 atom stereocenters. The Hall–Kier alpha value is -0.570. The molecule has 18 heavy (non-hydrogen) atoms. The first kappa shape index (κ1) is 13.9. The van der Waals surface area contributed by atoms with E-state index in [1.165, 1.54) is 0 Å². The van der Waals surface area contributed by atoms with Crippen molar-refractivity contribution in [3.05, 3.63) is 0 Å². The average Bonchev–Trinajstić information content (AvgIpc) is 2.67. The Morgan fingerprint density at radius 3 is 2.06 bits per heavy atom. The normalized spacial score (nSPS) is 34.1. The van der Waals surface area contributed by atoms with Crippen molar-refractivity contribution >= 4 is 5.91 Å². The smallest absolute Gasteiger partial charge is 0.223 e. The zero-order valence-corrected chi connectivity index (χ0v) is 12.3. The molecular weight excluding hydrogens is 224 g/mol. The summed E-state index contributed by atoms with van der Waals surface area (Å²) in [6, 6.07) is 0.315. The van der Waals surface area contributed by atoms with Crippen molar-refractivity contribution in [2.75, 3.05) is 6.54 Å². The Balaban J connectivity index is 1.77. The van der Waals surface area contributed by atoms with E-state index < -0.39 is 0 Å². The number of carbonyl (C=O) groups is 1. The van der Waals surface area contributed by atoms with E-state index in [1.807, 2.05) is 0 Å². The van der Waals surface area contributed by atoms with Crippen LogP contribution in [-0.2, 0) is 4.79 Å². The molecule has 3 N–H and O–H groups in total. The third-order valence-corrected chi connectivity index (χ3v) is 5.94. The molecule has 1 amide bonds. The fourth-order valence-electron chi connectivity index (χ4n) is 3.57. The summed E-state index contributed by atoms with van der Waals surface area (Å²) < 4.78 is 0. The van der Waals surface area contributed by atoms with Gasteiger partial charge in [0.2, 0.25) is 5.91 Å². The van der Waals surface area contributed by atoms with Crippen LogP contribution in [0.3, 0.4) is 0 Å². The molecule has 0 radical (unpaired) electrons. The van der Waals surface area contributed by atoms with E-state index in [-0.39, 0.29) is 11.8 Å². The molecule has 3 heteroatoms. The average molecular weight is 252 g/mol. The van der Waals surface area contributed by atoms with Gasteiger partial charge in [-0.3, -0.25) is 4.79 Å². The number of amides is 1. The van der Waals surface area contributed by atoms with Crippen molar-refractivity contribution in [1.29, 1.82) is 0 Å². The van der Waals surface area contributed by atoms with E-state index in [4.69, 9.17) is 5.73 Å².